The Kier molecular flexibility index (Phi) is 9.67. The van der Waals surface area contributed by atoms with Gasteiger partial charge in [0.1, 0.15) is 12.4 Å². The summed E-state index contributed by atoms with van der Waals surface area (Å²) in [6, 6.07) is 16.7. The third-order valence-electron chi connectivity index (χ3n) is 4.39. The highest BCUT2D eigenvalue weighted by Crippen LogP contribution is 2.22. The van der Waals surface area contributed by atoms with E-state index in [2.05, 4.69) is 19.2 Å². The first-order valence-corrected chi connectivity index (χ1v) is 9.98. The molecule has 2 rings (SSSR count). The third-order valence-corrected chi connectivity index (χ3v) is 4.39. The Hall–Kier alpha value is -3.06. The number of ether oxygens (including phenoxy) is 4. The minimum absolute atomic E-state index is 0.0194. The zero-order valence-electron chi connectivity index (χ0n) is 17.6. The van der Waals surface area contributed by atoms with Gasteiger partial charge in [0.2, 0.25) is 6.29 Å². The van der Waals surface area contributed by atoms with E-state index >= 15 is 0 Å². The zero-order chi connectivity index (χ0) is 21.8. The second-order valence-electron chi connectivity index (χ2n) is 6.73. The molecule has 162 valence electrons. The minimum atomic E-state index is -0.816. The Morgan fingerprint density at radius 3 is 2.30 bits per heavy atom. The first-order valence-electron chi connectivity index (χ1n) is 9.98. The van der Waals surface area contributed by atoms with Crippen LogP contribution in [0.15, 0.2) is 54.6 Å². The number of nitrogens with one attached hydrogen (secondary N) is 1. The predicted octanol–water partition coefficient (Wildman–Crippen LogP) is 4.73. The smallest absolute Gasteiger partial charge is 0.411 e. The van der Waals surface area contributed by atoms with Crippen LogP contribution >= 0.6 is 0 Å². The lowest BCUT2D eigenvalue weighted by molar-refractivity contribution is -0.159. The van der Waals surface area contributed by atoms with E-state index in [4.69, 9.17) is 18.9 Å². The molecule has 30 heavy (non-hydrogen) atoms. The lowest BCUT2D eigenvalue weighted by atomic mass is 9.99. The fraction of sp³-hybridized carbons (Fsp3) is 0.391. The van der Waals surface area contributed by atoms with Gasteiger partial charge < -0.3 is 18.9 Å². The molecule has 7 nitrogen and oxygen atoms in total. The van der Waals surface area contributed by atoms with Crippen LogP contribution in [0.3, 0.4) is 0 Å². The van der Waals surface area contributed by atoms with Crippen LogP contribution in [-0.4, -0.2) is 38.2 Å². The van der Waals surface area contributed by atoms with Crippen molar-refractivity contribution in [1.82, 2.24) is 0 Å². The van der Waals surface area contributed by atoms with Gasteiger partial charge in [-0.25, -0.2) is 4.79 Å². The summed E-state index contributed by atoms with van der Waals surface area (Å²) >= 11 is 0. The molecule has 2 aromatic rings. The van der Waals surface area contributed by atoms with Gasteiger partial charge in [0.05, 0.1) is 6.61 Å². The van der Waals surface area contributed by atoms with Crippen molar-refractivity contribution in [2.45, 2.75) is 39.4 Å². The SMILES string of the molecule is CCC(C)c1ccc(OC(COC(C)=O)OCCOC(=O)Nc2ccccc2)cc1. The van der Waals surface area contributed by atoms with E-state index < -0.39 is 18.4 Å². The number of carbonyl (C=O) groups excluding carboxylic acids is 2. The van der Waals surface area contributed by atoms with Crippen molar-refractivity contribution in [2.24, 2.45) is 0 Å². The lowest BCUT2D eigenvalue weighted by Crippen LogP contribution is -2.29. The molecule has 1 N–H and O–H groups in total. The molecule has 7 heteroatoms. The Labute approximate surface area is 177 Å². The summed E-state index contributed by atoms with van der Waals surface area (Å²) in [5.74, 6) is 0.631. The molecule has 0 aromatic heterocycles. The number of hydrogen-bond donors (Lipinski definition) is 1. The van der Waals surface area contributed by atoms with E-state index in [0.29, 0.717) is 17.4 Å². The molecule has 2 aromatic carbocycles. The predicted molar refractivity (Wildman–Crippen MR) is 114 cm³/mol. The van der Waals surface area contributed by atoms with Crippen LogP contribution in [0.5, 0.6) is 5.75 Å². The molecule has 0 heterocycles. The van der Waals surface area contributed by atoms with Gasteiger partial charge >= 0.3 is 12.1 Å². The van der Waals surface area contributed by atoms with Gasteiger partial charge in [0.25, 0.3) is 0 Å². The molecule has 2 unspecified atom stereocenters. The maximum Gasteiger partial charge on any atom is 0.411 e. The summed E-state index contributed by atoms with van der Waals surface area (Å²) < 4.78 is 21.5. The second kappa shape index (κ2) is 12.5. The van der Waals surface area contributed by atoms with Gasteiger partial charge in [-0.1, -0.05) is 44.2 Å². The number of esters is 1. The van der Waals surface area contributed by atoms with Gasteiger partial charge in [0.15, 0.2) is 6.61 Å². The van der Waals surface area contributed by atoms with Gasteiger partial charge in [-0.2, -0.15) is 0 Å². The molecule has 0 spiro atoms. The molecule has 0 aliphatic heterocycles. The third kappa shape index (κ3) is 8.53. The molecule has 0 fully saturated rings. The van der Waals surface area contributed by atoms with Crippen LogP contribution in [0.2, 0.25) is 0 Å². The van der Waals surface area contributed by atoms with E-state index in [1.807, 2.05) is 42.5 Å². The van der Waals surface area contributed by atoms with Crippen LogP contribution in [0.4, 0.5) is 10.5 Å². The average Bonchev–Trinajstić information content (AvgIpc) is 2.75. The molecule has 2 atom stereocenters. The highest BCUT2D eigenvalue weighted by Gasteiger charge is 2.14. The van der Waals surface area contributed by atoms with Crippen molar-refractivity contribution in [3.63, 3.8) is 0 Å². The molecule has 0 saturated heterocycles. The standard InChI is InChI=1S/C23H29NO6/c1-4-17(2)19-10-12-21(13-11-19)30-22(16-29-18(3)25)27-14-15-28-23(26)24-20-8-6-5-7-9-20/h5-13,17,22H,4,14-16H2,1-3H3,(H,24,26). The first-order chi connectivity index (χ1) is 14.5. The first kappa shape index (κ1) is 23.2. The van der Waals surface area contributed by atoms with Crippen LogP contribution in [0.25, 0.3) is 0 Å². The van der Waals surface area contributed by atoms with Crippen LogP contribution in [-0.2, 0) is 19.0 Å². The Balaban J connectivity index is 1.80. The molecule has 0 bridgehead atoms. The molecular weight excluding hydrogens is 386 g/mol. The summed E-state index contributed by atoms with van der Waals surface area (Å²) in [7, 11) is 0. The molecule has 0 aliphatic rings. The van der Waals surface area contributed by atoms with Crippen LogP contribution < -0.4 is 10.1 Å². The van der Waals surface area contributed by atoms with Gasteiger partial charge in [0, 0.05) is 12.6 Å². The van der Waals surface area contributed by atoms with Gasteiger partial charge in [-0.3, -0.25) is 10.1 Å². The zero-order valence-corrected chi connectivity index (χ0v) is 17.6. The number of amides is 1. The molecule has 0 radical (unpaired) electrons. The summed E-state index contributed by atoms with van der Waals surface area (Å²) in [6.07, 6.45) is -0.344. The number of para-hydroxylation sites is 1. The van der Waals surface area contributed by atoms with Crippen LogP contribution in [0.1, 0.15) is 38.7 Å². The number of anilines is 1. The van der Waals surface area contributed by atoms with E-state index in [1.165, 1.54) is 12.5 Å². The average molecular weight is 415 g/mol. The number of rotatable bonds is 11. The summed E-state index contributed by atoms with van der Waals surface area (Å²) in [4.78, 5) is 22.9. The molecule has 1 amide bonds. The minimum Gasteiger partial charge on any atom is -0.461 e. The van der Waals surface area contributed by atoms with Crippen molar-refractivity contribution in [3.05, 3.63) is 60.2 Å². The Morgan fingerprint density at radius 2 is 1.67 bits per heavy atom. The second-order valence-corrected chi connectivity index (χ2v) is 6.73. The van der Waals surface area contributed by atoms with E-state index in [9.17, 15) is 9.59 Å². The van der Waals surface area contributed by atoms with Gasteiger partial charge in [-0.05, 0) is 42.2 Å². The van der Waals surface area contributed by atoms with Crippen molar-refractivity contribution in [2.75, 3.05) is 25.1 Å². The number of hydrogen-bond acceptors (Lipinski definition) is 6. The maximum atomic E-state index is 11.8. The van der Waals surface area contributed by atoms with Crippen molar-refractivity contribution < 1.29 is 28.5 Å². The summed E-state index contributed by atoms with van der Waals surface area (Å²) in [5.41, 5.74) is 1.86. The van der Waals surface area contributed by atoms with Crippen LogP contribution in [0, 0.1) is 0 Å². The Bertz CT molecular complexity index is 778. The quantitative estimate of drug-likeness (QED) is 0.324. The molecule has 0 aliphatic carbocycles. The lowest BCUT2D eigenvalue weighted by Gasteiger charge is -2.20. The molecule has 0 saturated carbocycles. The van der Waals surface area contributed by atoms with Gasteiger partial charge in [-0.15, -0.1) is 0 Å². The fourth-order valence-electron chi connectivity index (χ4n) is 2.55. The maximum absolute atomic E-state index is 11.8. The van der Waals surface area contributed by atoms with E-state index in [0.717, 1.165) is 6.42 Å². The van der Waals surface area contributed by atoms with Crippen molar-refractivity contribution >= 4 is 17.7 Å². The highest BCUT2D eigenvalue weighted by molar-refractivity contribution is 5.84. The van der Waals surface area contributed by atoms with E-state index in [1.54, 1.807) is 12.1 Å². The van der Waals surface area contributed by atoms with E-state index in [-0.39, 0.29) is 19.8 Å². The summed E-state index contributed by atoms with van der Waals surface area (Å²) in [5, 5.41) is 2.61. The normalized spacial score (nSPS) is 12.5. The topological polar surface area (TPSA) is 83.1 Å². The number of carbonyl (C=O) groups is 2. The molecular formula is C23H29NO6. The Morgan fingerprint density at radius 1 is 0.967 bits per heavy atom. The summed E-state index contributed by atoms with van der Waals surface area (Å²) in [6.45, 7) is 5.65. The largest absolute Gasteiger partial charge is 0.461 e. The van der Waals surface area contributed by atoms with Crippen molar-refractivity contribution in [3.8, 4) is 5.75 Å². The number of benzene rings is 2. The van der Waals surface area contributed by atoms with Crippen molar-refractivity contribution in [1.29, 1.82) is 0 Å². The monoisotopic (exact) mass is 415 g/mol. The fourth-order valence-corrected chi connectivity index (χ4v) is 2.55. The highest BCUT2D eigenvalue weighted by atomic mass is 16.7.